The summed E-state index contributed by atoms with van der Waals surface area (Å²) in [5.74, 6) is 0. The largest absolute Gasteiger partial charge is 0.692 e. The second-order valence-corrected chi connectivity index (χ2v) is 9.56. The average molecular weight is 403 g/mol. The summed E-state index contributed by atoms with van der Waals surface area (Å²) >= 11 is 10.4. The van der Waals surface area contributed by atoms with Crippen molar-refractivity contribution in [2.45, 2.75) is 27.7 Å². The highest BCUT2D eigenvalue weighted by Gasteiger charge is 2.31. The fourth-order valence-electron chi connectivity index (χ4n) is 0.924. The van der Waals surface area contributed by atoms with E-state index < -0.39 is 21.7 Å². The molecule has 0 fully saturated rings. The van der Waals surface area contributed by atoms with Crippen molar-refractivity contribution in [2.24, 2.45) is 0 Å². The highest BCUT2D eigenvalue weighted by atomic mass is 32.5. The lowest BCUT2D eigenvalue weighted by Gasteiger charge is -2.27. The van der Waals surface area contributed by atoms with Gasteiger partial charge >= 0.3 is 21.7 Å². The lowest BCUT2D eigenvalue weighted by molar-refractivity contribution is 0.176. The third kappa shape index (κ3) is 14.4. The van der Waals surface area contributed by atoms with E-state index in [1.54, 1.807) is 0 Å². The van der Waals surface area contributed by atoms with Gasteiger partial charge < -0.3 is 18.1 Å². The summed E-state index contributed by atoms with van der Waals surface area (Å²) in [4.78, 5) is 14.2. The smallest absolute Gasteiger partial charge is 0.309 e. The molecule has 0 rings (SSSR count). The van der Waals surface area contributed by atoms with Gasteiger partial charge in [0, 0.05) is 4.57 Å². The molecular weight excluding hydrogens is 381 g/mol. The van der Waals surface area contributed by atoms with Crippen LogP contribution in [0.4, 0.5) is 0 Å². The maximum absolute atomic E-state index is 8.70. The monoisotopic (exact) mass is 403 g/mol. The highest BCUT2D eigenvalue weighted by Crippen LogP contribution is 2.66. The van der Waals surface area contributed by atoms with Crippen molar-refractivity contribution in [3.63, 3.8) is 0 Å². The molecule has 0 unspecified atom stereocenters. The SMILES string of the molecule is CCOP(=S)(OCC)OP(=S)(OCC)OCC.O=[P+](O)O. The van der Waals surface area contributed by atoms with Gasteiger partial charge in [0.2, 0.25) is 0 Å². The van der Waals surface area contributed by atoms with Crippen LogP contribution >= 0.6 is 21.7 Å². The predicted molar refractivity (Wildman–Crippen MR) is 88.2 cm³/mol. The second kappa shape index (κ2) is 13.5. The molecule has 128 valence electrons. The van der Waals surface area contributed by atoms with Crippen LogP contribution < -0.4 is 0 Å². The zero-order valence-corrected chi connectivity index (χ0v) is 16.6. The van der Waals surface area contributed by atoms with E-state index in [4.69, 9.17) is 60.4 Å². The Hall–Kier alpha value is 1.12. The van der Waals surface area contributed by atoms with Crippen LogP contribution in [0, 0.1) is 0 Å². The molecule has 0 aliphatic rings. The zero-order chi connectivity index (χ0) is 16.9. The molecule has 0 bridgehead atoms. The summed E-state index contributed by atoms with van der Waals surface area (Å²) in [5.41, 5.74) is 0. The molecule has 0 aliphatic heterocycles. The van der Waals surface area contributed by atoms with Gasteiger partial charge in [-0.3, -0.25) is 0 Å². The van der Waals surface area contributed by atoms with Crippen molar-refractivity contribution in [3.05, 3.63) is 0 Å². The zero-order valence-electron chi connectivity index (χ0n) is 12.3. The van der Waals surface area contributed by atoms with E-state index in [0.29, 0.717) is 26.4 Å². The van der Waals surface area contributed by atoms with Gasteiger partial charge in [-0.2, -0.15) is 0 Å². The maximum atomic E-state index is 8.70. The van der Waals surface area contributed by atoms with Gasteiger partial charge in [0.25, 0.3) is 0 Å². The Bertz CT molecular complexity index is 329. The Balaban J connectivity index is 0. The van der Waals surface area contributed by atoms with Gasteiger partial charge in [-0.25, -0.2) is 4.31 Å². The molecule has 0 saturated heterocycles. The van der Waals surface area contributed by atoms with Crippen molar-refractivity contribution >= 4 is 45.3 Å². The lowest BCUT2D eigenvalue weighted by Crippen LogP contribution is -2.03. The molecular formula is C8H22O8P3S2+. The quantitative estimate of drug-likeness (QED) is 0.528. The molecule has 13 heteroatoms. The molecule has 0 amide bonds. The van der Waals surface area contributed by atoms with Crippen molar-refractivity contribution in [3.8, 4) is 0 Å². The van der Waals surface area contributed by atoms with E-state index in [-0.39, 0.29) is 0 Å². The molecule has 0 saturated carbocycles. The van der Waals surface area contributed by atoms with Crippen LogP contribution in [0.2, 0.25) is 0 Å². The number of hydrogen-bond donors (Lipinski definition) is 2. The summed E-state index contributed by atoms with van der Waals surface area (Å²) in [6.07, 6.45) is 0. The van der Waals surface area contributed by atoms with Gasteiger partial charge in [0.1, 0.15) is 0 Å². The van der Waals surface area contributed by atoms with Crippen molar-refractivity contribution in [2.75, 3.05) is 26.4 Å². The first-order chi connectivity index (χ1) is 9.68. The van der Waals surface area contributed by atoms with Crippen molar-refractivity contribution < 1.29 is 36.8 Å². The fourth-order valence-corrected chi connectivity index (χ4v) is 7.30. The first kappa shape index (κ1) is 24.4. The third-order valence-electron chi connectivity index (χ3n) is 1.35. The van der Waals surface area contributed by atoms with Gasteiger partial charge in [-0.05, 0) is 51.3 Å². The van der Waals surface area contributed by atoms with E-state index in [9.17, 15) is 0 Å². The molecule has 0 aromatic rings. The molecule has 2 N–H and O–H groups in total. The summed E-state index contributed by atoms with van der Waals surface area (Å²) in [6, 6.07) is 0. The number of hydrogen-bond acceptors (Lipinski definition) is 8. The van der Waals surface area contributed by atoms with Crippen LogP contribution in [0.1, 0.15) is 27.7 Å². The second-order valence-electron chi connectivity index (χ2n) is 2.90. The standard InChI is InChI=1S/C8H20O5P2S2.HO3P/c1-5-9-14(16,10-6-2)13-15(17,11-7-3)12-8-4;1-4(2)3/h5-8H2,1-4H3;(H-,1,2,3)/p+1. The van der Waals surface area contributed by atoms with Crippen LogP contribution in [0.3, 0.4) is 0 Å². The number of rotatable bonds is 10. The molecule has 0 radical (unpaired) electrons. The molecule has 0 atom stereocenters. The molecule has 0 aromatic heterocycles. The Kier molecular flexibility index (Phi) is 15.7. The van der Waals surface area contributed by atoms with E-state index in [1.807, 2.05) is 27.7 Å². The summed E-state index contributed by atoms with van der Waals surface area (Å²) in [7, 11) is -2.87. The minimum atomic E-state index is -2.87. The first-order valence-corrected chi connectivity index (χ1v) is 12.3. The van der Waals surface area contributed by atoms with Crippen molar-refractivity contribution in [1.82, 2.24) is 0 Å². The molecule has 0 heterocycles. The van der Waals surface area contributed by atoms with Crippen LogP contribution in [0.5, 0.6) is 0 Å². The normalized spacial score (nSPS) is 11.7. The molecule has 0 aromatic carbocycles. The van der Waals surface area contributed by atoms with E-state index >= 15 is 0 Å². The van der Waals surface area contributed by atoms with Crippen LogP contribution in [-0.2, 0) is 50.6 Å². The Morgan fingerprint density at radius 2 is 1.00 bits per heavy atom. The van der Waals surface area contributed by atoms with Crippen molar-refractivity contribution in [1.29, 1.82) is 0 Å². The van der Waals surface area contributed by atoms with Gasteiger partial charge in [0.05, 0.1) is 26.4 Å². The average Bonchev–Trinajstić information content (AvgIpc) is 2.28. The van der Waals surface area contributed by atoms with E-state index in [0.717, 1.165) is 0 Å². The fraction of sp³-hybridized carbons (Fsp3) is 1.00. The summed E-state index contributed by atoms with van der Waals surface area (Å²) in [5, 5.41) is 0. The summed E-state index contributed by atoms with van der Waals surface area (Å²) < 4.78 is 35.6. The Morgan fingerprint density at radius 1 is 0.810 bits per heavy atom. The van der Waals surface area contributed by atoms with Gasteiger partial charge in [-0.1, -0.05) is 0 Å². The Labute approximate surface area is 136 Å². The maximum Gasteiger partial charge on any atom is 0.692 e. The van der Waals surface area contributed by atoms with Gasteiger partial charge in [0.15, 0.2) is 0 Å². The highest BCUT2D eigenvalue weighted by molar-refractivity contribution is 8.14. The molecule has 8 nitrogen and oxygen atoms in total. The minimum Gasteiger partial charge on any atom is -0.309 e. The summed E-state index contributed by atoms with van der Waals surface area (Å²) in [6.45, 7) is 3.09. The molecule has 0 spiro atoms. The van der Waals surface area contributed by atoms with Crippen LogP contribution in [0.25, 0.3) is 0 Å². The minimum absolute atomic E-state index is 0.394. The van der Waals surface area contributed by atoms with Crippen LogP contribution in [0.15, 0.2) is 0 Å². The molecule has 21 heavy (non-hydrogen) atoms. The third-order valence-corrected chi connectivity index (χ3v) is 7.71. The van der Waals surface area contributed by atoms with Gasteiger partial charge in [-0.15, -0.1) is 9.79 Å². The Morgan fingerprint density at radius 3 is 1.14 bits per heavy atom. The topological polar surface area (TPSA) is 104 Å². The first-order valence-electron chi connectivity index (χ1n) is 6.03. The molecule has 0 aliphatic carbocycles. The van der Waals surface area contributed by atoms with Crippen LogP contribution in [-0.4, -0.2) is 36.2 Å². The van der Waals surface area contributed by atoms with E-state index in [1.165, 1.54) is 0 Å². The lowest BCUT2D eigenvalue weighted by atomic mass is 10.9. The predicted octanol–water partition coefficient (Wildman–Crippen LogP) is 3.23. The van der Waals surface area contributed by atoms with E-state index in [2.05, 4.69) is 0 Å².